The molecule has 0 fully saturated rings. The zero-order chi connectivity index (χ0) is 33.2. The Kier molecular flexibility index (Phi) is 8.95. The van der Waals surface area contributed by atoms with Gasteiger partial charge in [0.1, 0.15) is 12.4 Å². The number of hydrogen-bond acceptors (Lipinski definition) is 9. The standard InChI is InChI=1S/C35H31BrN4O7/c1-5-44-31-12-21(4)27(16-26(31)20(2)3)34-38-28-9-7-6-8-25(28)35(41)39(34)37-17-23-14-24(36)15-29(40(42)43)33(23)45-18-22-10-11-30-32(13-22)47-19-46-30/h6-17,20H,5,18-19H2,1-4H3. The highest BCUT2D eigenvalue weighted by atomic mass is 79.9. The van der Waals surface area contributed by atoms with Gasteiger partial charge in [0.05, 0.1) is 28.6 Å². The van der Waals surface area contributed by atoms with Gasteiger partial charge in [-0.1, -0.05) is 48.0 Å². The second-order valence-electron chi connectivity index (χ2n) is 11.2. The lowest BCUT2D eigenvalue weighted by atomic mass is 9.96. The summed E-state index contributed by atoms with van der Waals surface area (Å²) in [5, 5.41) is 17.1. The maximum atomic E-state index is 14.0. The molecule has 6 rings (SSSR count). The molecule has 12 heteroatoms. The molecular weight excluding hydrogens is 668 g/mol. The fraction of sp³-hybridized carbons (Fsp3) is 0.229. The predicted molar refractivity (Wildman–Crippen MR) is 182 cm³/mol. The van der Waals surface area contributed by atoms with E-state index in [0.717, 1.165) is 22.4 Å². The van der Waals surface area contributed by atoms with Gasteiger partial charge in [0.2, 0.25) is 12.5 Å². The molecule has 0 bridgehead atoms. The van der Waals surface area contributed by atoms with Crippen LogP contribution in [-0.4, -0.2) is 34.2 Å². The highest BCUT2D eigenvalue weighted by Crippen LogP contribution is 2.37. The molecule has 240 valence electrons. The van der Waals surface area contributed by atoms with Crippen LogP contribution in [0, 0.1) is 17.0 Å². The number of hydrogen-bond donors (Lipinski definition) is 0. The first-order valence-electron chi connectivity index (χ1n) is 15.0. The number of ether oxygens (including phenoxy) is 4. The number of benzene rings is 4. The number of nitro benzene ring substituents is 1. The Balaban J connectivity index is 1.48. The Morgan fingerprint density at radius 3 is 2.64 bits per heavy atom. The van der Waals surface area contributed by atoms with Gasteiger partial charge in [0, 0.05) is 21.7 Å². The average Bonchev–Trinajstić information content (AvgIpc) is 3.52. The van der Waals surface area contributed by atoms with Crippen molar-refractivity contribution in [1.29, 1.82) is 0 Å². The van der Waals surface area contributed by atoms with Crippen LogP contribution in [0.5, 0.6) is 23.0 Å². The summed E-state index contributed by atoms with van der Waals surface area (Å²) in [5.41, 5.74) is 3.37. The Labute approximate surface area is 278 Å². The van der Waals surface area contributed by atoms with Crippen LogP contribution in [0.15, 0.2) is 81.1 Å². The molecule has 0 radical (unpaired) electrons. The van der Waals surface area contributed by atoms with Gasteiger partial charge in [-0.25, -0.2) is 4.98 Å². The van der Waals surface area contributed by atoms with Crippen molar-refractivity contribution >= 4 is 38.7 Å². The Morgan fingerprint density at radius 1 is 1.09 bits per heavy atom. The molecule has 0 N–H and O–H groups in total. The van der Waals surface area contributed by atoms with Crippen LogP contribution in [0.4, 0.5) is 5.69 Å². The van der Waals surface area contributed by atoms with Crippen LogP contribution in [0.1, 0.15) is 48.9 Å². The number of aryl methyl sites for hydroxylation is 1. The molecule has 0 saturated carbocycles. The van der Waals surface area contributed by atoms with E-state index in [4.69, 9.17) is 23.9 Å². The third-order valence-corrected chi connectivity index (χ3v) is 8.12. The molecule has 2 heterocycles. The molecule has 1 aromatic heterocycles. The third kappa shape index (κ3) is 6.41. The van der Waals surface area contributed by atoms with Crippen LogP contribution in [0.2, 0.25) is 0 Å². The highest BCUT2D eigenvalue weighted by molar-refractivity contribution is 9.10. The van der Waals surface area contributed by atoms with Crippen LogP contribution >= 0.6 is 15.9 Å². The number of nitro groups is 1. The van der Waals surface area contributed by atoms with Gasteiger partial charge in [0.15, 0.2) is 17.3 Å². The van der Waals surface area contributed by atoms with Crippen molar-refractivity contribution in [2.24, 2.45) is 5.10 Å². The summed E-state index contributed by atoms with van der Waals surface area (Å²) in [5.74, 6) is 2.39. The van der Waals surface area contributed by atoms with Crippen LogP contribution in [-0.2, 0) is 6.61 Å². The molecule has 0 amide bonds. The van der Waals surface area contributed by atoms with Crippen molar-refractivity contribution in [3.63, 3.8) is 0 Å². The van der Waals surface area contributed by atoms with E-state index in [2.05, 4.69) is 34.9 Å². The Hall–Kier alpha value is -5.23. The normalized spacial score (nSPS) is 12.3. The molecule has 0 aliphatic carbocycles. The quantitative estimate of drug-likeness (QED) is 0.0823. The number of fused-ring (bicyclic) bond motifs is 2. The number of rotatable bonds is 10. The van der Waals surface area contributed by atoms with Gasteiger partial charge < -0.3 is 18.9 Å². The summed E-state index contributed by atoms with van der Waals surface area (Å²) in [4.78, 5) is 30.5. The van der Waals surface area contributed by atoms with Crippen molar-refractivity contribution in [1.82, 2.24) is 9.66 Å². The number of halogens is 1. The van der Waals surface area contributed by atoms with Crippen LogP contribution in [0.3, 0.4) is 0 Å². The van der Waals surface area contributed by atoms with Crippen molar-refractivity contribution in [2.45, 2.75) is 40.2 Å². The molecule has 0 saturated heterocycles. The molecule has 11 nitrogen and oxygen atoms in total. The smallest absolute Gasteiger partial charge is 0.312 e. The van der Waals surface area contributed by atoms with Gasteiger partial charge >= 0.3 is 5.69 Å². The molecule has 1 aliphatic heterocycles. The van der Waals surface area contributed by atoms with Crippen LogP contribution < -0.4 is 24.5 Å². The van der Waals surface area contributed by atoms with E-state index in [-0.39, 0.29) is 36.3 Å². The lowest BCUT2D eigenvalue weighted by Crippen LogP contribution is -2.21. The maximum Gasteiger partial charge on any atom is 0.312 e. The van der Waals surface area contributed by atoms with Crippen molar-refractivity contribution in [3.05, 3.63) is 114 Å². The van der Waals surface area contributed by atoms with E-state index < -0.39 is 10.5 Å². The minimum absolute atomic E-state index is 0.00599. The molecule has 5 aromatic rings. The summed E-state index contributed by atoms with van der Waals surface area (Å²) in [6, 6.07) is 19.3. The third-order valence-electron chi connectivity index (χ3n) is 7.67. The number of nitrogens with zero attached hydrogens (tertiary/aromatic N) is 4. The molecule has 0 atom stereocenters. The van der Waals surface area contributed by atoms with E-state index in [9.17, 15) is 14.9 Å². The molecule has 1 aliphatic rings. The zero-order valence-electron chi connectivity index (χ0n) is 26.2. The Bertz CT molecular complexity index is 2110. The van der Waals surface area contributed by atoms with Gasteiger partial charge in [-0.15, -0.1) is 0 Å². The Morgan fingerprint density at radius 2 is 1.87 bits per heavy atom. The SMILES string of the molecule is CCOc1cc(C)c(-c2nc3ccccc3c(=O)n2N=Cc2cc(Br)cc([N+](=O)[O-])c2OCc2ccc3c(c2)OCO3)cc1C(C)C. The average molecular weight is 700 g/mol. The monoisotopic (exact) mass is 698 g/mol. The lowest BCUT2D eigenvalue weighted by molar-refractivity contribution is -0.386. The second-order valence-corrected chi connectivity index (χ2v) is 12.1. The summed E-state index contributed by atoms with van der Waals surface area (Å²) in [6.07, 6.45) is 1.38. The number of aromatic nitrogens is 2. The zero-order valence-corrected chi connectivity index (χ0v) is 27.7. The lowest BCUT2D eigenvalue weighted by Gasteiger charge is -2.18. The second kappa shape index (κ2) is 13.2. The van der Waals surface area contributed by atoms with E-state index in [1.54, 1.807) is 42.5 Å². The summed E-state index contributed by atoms with van der Waals surface area (Å²) in [7, 11) is 0. The van der Waals surface area contributed by atoms with Gasteiger partial charge in [0.25, 0.3) is 5.56 Å². The topological polar surface area (TPSA) is 127 Å². The van der Waals surface area contributed by atoms with Gasteiger partial charge in [-0.05, 0) is 78.9 Å². The maximum absolute atomic E-state index is 14.0. The van der Waals surface area contributed by atoms with Gasteiger partial charge in [-0.3, -0.25) is 14.9 Å². The first kappa shape index (κ1) is 31.7. The van der Waals surface area contributed by atoms with E-state index >= 15 is 0 Å². The van der Waals surface area contributed by atoms with Crippen molar-refractivity contribution in [3.8, 4) is 34.4 Å². The first-order chi connectivity index (χ1) is 22.6. The minimum Gasteiger partial charge on any atom is -0.494 e. The van der Waals surface area contributed by atoms with E-state index in [1.807, 2.05) is 32.0 Å². The summed E-state index contributed by atoms with van der Waals surface area (Å²) < 4.78 is 24.5. The minimum atomic E-state index is -0.525. The fourth-order valence-corrected chi connectivity index (χ4v) is 5.83. The highest BCUT2D eigenvalue weighted by Gasteiger charge is 2.23. The van der Waals surface area contributed by atoms with Crippen molar-refractivity contribution < 1.29 is 23.9 Å². The molecule has 47 heavy (non-hydrogen) atoms. The fourth-order valence-electron chi connectivity index (χ4n) is 5.37. The van der Waals surface area contributed by atoms with E-state index in [1.165, 1.54) is 17.0 Å². The molecule has 0 unspecified atom stereocenters. The summed E-state index contributed by atoms with van der Waals surface area (Å²) in [6.45, 7) is 8.65. The molecule has 4 aromatic carbocycles. The van der Waals surface area contributed by atoms with Gasteiger partial charge in [-0.2, -0.15) is 9.78 Å². The number of para-hydroxylation sites is 1. The molecular formula is C35H31BrN4O7. The first-order valence-corrected chi connectivity index (χ1v) is 15.8. The predicted octanol–water partition coefficient (Wildman–Crippen LogP) is 7.75. The van der Waals surface area contributed by atoms with Crippen molar-refractivity contribution in [2.75, 3.05) is 13.4 Å². The largest absolute Gasteiger partial charge is 0.494 e. The summed E-state index contributed by atoms with van der Waals surface area (Å²) >= 11 is 3.38. The van der Waals surface area contributed by atoms with Crippen LogP contribution in [0.25, 0.3) is 22.3 Å². The molecule has 0 spiro atoms. The van der Waals surface area contributed by atoms with E-state index in [0.29, 0.717) is 44.9 Å².